The van der Waals surface area contributed by atoms with Crippen LogP contribution in [-0.4, -0.2) is 90.0 Å². The normalized spacial score (nSPS) is 23.1. The lowest BCUT2D eigenvalue weighted by molar-refractivity contribution is -0.164. The standard InChI is InChI=1S/C26H35F2N3O6/c1-17(2)16-37-25(34)20-23(32)26(3)7-4-8-31(26)30(24(20)33)15-18-5-6-19(22(28)21(18)27)36-14-11-29-9-12-35-13-10-29/h5-6,17,32H,4,7-16H2,1-3H3/t26-/m1/s1. The van der Waals surface area contributed by atoms with Gasteiger partial charge in [-0.1, -0.05) is 19.9 Å². The Morgan fingerprint density at radius 2 is 1.92 bits per heavy atom. The van der Waals surface area contributed by atoms with Gasteiger partial charge in [0.1, 0.15) is 12.4 Å². The van der Waals surface area contributed by atoms with Crippen LogP contribution in [0.2, 0.25) is 0 Å². The molecule has 204 valence electrons. The summed E-state index contributed by atoms with van der Waals surface area (Å²) in [5.41, 5.74) is -1.57. The summed E-state index contributed by atoms with van der Waals surface area (Å²) in [4.78, 5) is 28.3. The largest absolute Gasteiger partial charge is 0.509 e. The maximum absolute atomic E-state index is 15.1. The van der Waals surface area contributed by atoms with E-state index >= 15 is 4.39 Å². The molecule has 1 aromatic rings. The molecule has 3 aliphatic heterocycles. The number of aliphatic hydroxyl groups excluding tert-OH is 1. The molecular formula is C26H35F2N3O6. The smallest absolute Gasteiger partial charge is 0.347 e. The predicted octanol–water partition coefficient (Wildman–Crippen LogP) is 2.80. The number of morpholine rings is 1. The minimum Gasteiger partial charge on any atom is -0.509 e. The van der Waals surface area contributed by atoms with Gasteiger partial charge in [-0.15, -0.1) is 0 Å². The number of hydrogen-bond donors (Lipinski definition) is 1. The van der Waals surface area contributed by atoms with Gasteiger partial charge in [0.15, 0.2) is 17.1 Å². The number of nitrogens with zero attached hydrogens (tertiary/aromatic N) is 3. The Kier molecular flexibility index (Phi) is 8.35. The zero-order chi connectivity index (χ0) is 26.7. The van der Waals surface area contributed by atoms with Crippen molar-refractivity contribution >= 4 is 11.9 Å². The van der Waals surface area contributed by atoms with Crippen molar-refractivity contribution in [3.63, 3.8) is 0 Å². The fraction of sp³-hybridized carbons (Fsp3) is 0.615. The zero-order valence-electron chi connectivity index (χ0n) is 21.6. The zero-order valence-corrected chi connectivity index (χ0v) is 21.6. The van der Waals surface area contributed by atoms with Crippen molar-refractivity contribution in [2.75, 3.05) is 52.6 Å². The first-order valence-electron chi connectivity index (χ1n) is 12.7. The molecule has 0 radical (unpaired) electrons. The molecular weight excluding hydrogens is 488 g/mol. The summed E-state index contributed by atoms with van der Waals surface area (Å²) in [6.45, 7) is 9.13. The number of ether oxygens (including phenoxy) is 3. The number of benzene rings is 1. The van der Waals surface area contributed by atoms with Gasteiger partial charge >= 0.3 is 5.97 Å². The molecule has 0 saturated carbocycles. The molecule has 11 heteroatoms. The Morgan fingerprint density at radius 3 is 2.62 bits per heavy atom. The van der Waals surface area contributed by atoms with Crippen molar-refractivity contribution in [3.05, 3.63) is 40.7 Å². The Morgan fingerprint density at radius 1 is 1.19 bits per heavy atom. The molecule has 1 N–H and O–H groups in total. The fourth-order valence-corrected chi connectivity index (χ4v) is 4.92. The van der Waals surface area contributed by atoms with Crippen LogP contribution < -0.4 is 4.74 Å². The third-order valence-corrected chi connectivity index (χ3v) is 7.06. The van der Waals surface area contributed by atoms with Crippen LogP contribution in [0.15, 0.2) is 23.5 Å². The third kappa shape index (κ3) is 5.58. The first-order chi connectivity index (χ1) is 17.6. The number of fused-ring (bicyclic) bond motifs is 1. The van der Waals surface area contributed by atoms with Gasteiger partial charge in [-0.25, -0.2) is 14.2 Å². The highest BCUT2D eigenvalue weighted by Crippen LogP contribution is 2.42. The summed E-state index contributed by atoms with van der Waals surface area (Å²) in [6, 6.07) is 2.72. The number of rotatable bonds is 9. The lowest BCUT2D eigenvalue weighted by Crippen LogP contribution is -2.60. The molecule has 0 bridgehead atoms. The Hall–Kier alpha value is -2.76. The second kappa shape index (κ2) is 11.3. The van der Waals surface area contributed by atoms with E-state index in [1.165, 1.54) is 17.1 Å². The molecule has 0 spiro atoms. The number of aliphatic hydroxyl groups is 1. The maximum atomic E-state index is 15.1. The van der Waals surface area contributed by atoms with Crippen molar-refractivity contribution < 1.29 is 37.7 Å². The van der Waals surface area contributed by atoms with Crippen molar-refractivity contribution in [1.82, 2.24) is 14.9 Å². The van der Waals surface area contributed by atoms with E-state index in [4.69, 9.17) is 14.2 Å². The summed E-state index contributed by atoms with van der Waals surface area (Å²) in [5.74, 6) is -4.52. The molecule has 0 aromatic heterocycles. The van der Waals surface area contributed by atoms with Gasteiger partial charge in [0.25, 0.3) is 5.91 Å². The van der Waals surface area contributed by atoms with E-state index in [-0.39, 0.29) is 42.7 Å². The fourth-order valence-electron chi connectivity index (χ4n) is 4.92. The summed E-state index contributed by atoms with van der Waals surface area (Å²) in [5, 5.41) is 13.8. The van der Waals surface area contributed by atoms with Crippen LogP contribution in [-0.2, 0) is 25.6 Å². The number of carbonyl (C=O) groups is 2. The monoisotopic (exact) mass is 523 g/mol. The van der Waals surface area contributed by atoms with Gasteiger partial charge in [-0.3, -0.25) is 14.7 Å². The van der Waals surface area contributed by atoms with E-state index < -0.39 is 34.6 Å². The molecule has 9 nitrogen and oxygen atoms in total. The van der Waals surface area contributed by atoms with Crippen LogP contribution in [0.4, 0.5) is 8.78 Å². The van der Waals surface area contributed by atoms with E-state index in [9.17, 15) is 19.1 Å². The van der Waals surface area contributed by atoms with E-state index in [1.54, 1.807) is 11.9 Å². The highest BCUT2D eigenvalue weighted by Gasteiger charge is 2.53. The molecule has 1 amide bonds. The van der Waals surface area contributed by atoms with E-state index in [2.05, 4.69) is 4.90 Å². The van der Waals surface area contributed by atoms with Gasteiger partial charge < -0.3 is 19.3 Å². The van der Waals surface area contributed by atoms with Gasteiger partial charge in [-0.2, -0.15) is 4.39 Å². The molecule has 4 rings (SSSR count). The summed E-state index contributed by atoms with van der Waals surface area (Å²) in [6.07, 6.45) is 1.13. The predicted molar refractivity (Wildman–Crippen MR) is 129 cm³/mol. The van der Waals surface area contributed by atoms with E-state index in [1.807, 2.05) is 13.8 Å². The van der Waals surface area contributed by atoms with Crippen LogP contribution in [0.1, 0.15) is 39.2 Å². The van der Waals surface area contributed by atoms with Crippen molar-refractivity contribution in [3.8, 4) is 5.75 Å². The molecule has 3 aliphatic rings. The van der Waals surface area contributed by atoms with Crippen molar-refractivity contribution in [1.29, 1.82) is 0 Å². The number of halogens is 2. The van der Waals surface area contributed by atoms with Crippen LogP contribution >= 0.6 is 0 Å². The highest BCUT2D eigenvalue weighted by atomic mass is 19.2. The second-order valence-electron chi connectivity index (χ2n) is 10.2. The second-order valence-corrected chi connectivity index (χ2v) is 10.2. The molecule has 0 aliphatic carbocycles. The summed E-state index contributed by atoms with van der Waals surface area (Å²) >= 11 is 0. The number of carbonyl (C=O) groups excluding carboxylic acids is 2. The molecule has 2 fully saturated rings. The topological polar surface area (TPSA) is 91.8 Å². The molecule has 1 atom stereocenters. The van der Waals surface area contributed by atoms with E-state index in [0.717, 1.165) is 13.1 Å². The Bertz CT molecular complexity index is 1060. The lowest BCUT2D eigenvalue weighted by Gasteiger charge is -2.46. The first kappa shape index (κ1) is 27.3. The molecule has 37 heavy (non-hydrogen) atoms. The van der Waals surface area contributed by atoms with Gasteiger partial charge in [0, 0.05) is 31.7 Å². The maximum Gasteiger partial charge on any atom is 0.347 e. The number of hydrogen-bond acceptors (Lipinski definition) is 8. The van der Waals surface area contributed by atoms with Crippen LogP contribution in [0.5, 0.6) is 5.75 Å². The van der Waals surface area contributed by atoms with Crippen molar-refractivity contribution in [2.45, 2.75) is 45.7 Å². The quantitative estimate of drug-likeness (QED) is 0.390. The Labute approximate surface area is 215 Å². The number of amides is 1. The molecule has 1 aromatic carbocycles. The number of hydrazine groups is 1. The van der Waals surface area contributed by atoms with Gasteiger partial charge in [-0.05, 0) is 31.7 Å². The SMILES string of the molecule is CC(C)COC(=O)C1=C(O)[C@@]2(C)CCCN2N(Cc2ccc(OCCN3CCOCC3)c(F)c2F)C1=O. The first-order valence-corrected chi connectivity index (χ1v) is 12.7. The summed E-state index contributed by atoms with van der Waals surface area (Å²) < 4.78 is 46.0. The van der Waals surface area contributed by atoms with Crippen LogP contribution in [0.25, 0.3) is 0 Å². The average molecular weight is 524 g/mol. The van der Waals surface area contributed by atoms with Crippen LogP contribution in [0.3, 0.4) is 0 Å². The number of esters is 1. The Balaban J connectivity index is 1.51. The minimum atomic E-state index is -1.14. The van der Waals surface area contributed by atoms with Gasteiger partial charge in [0.05, 0.1) is 31.9 Å². The summed E-state index contributed by atoms with van der Waals surface area (Å²) in [7, 11) is 0. The van der Waals surface area contributed by atoms with E-state index in [0.29, 0.717) is 39.1 Å². The van der Waals surface area contributed by atoms with Crippen molar-refractivity contribution in [2.24, 2.45) is 5.92 Å². The average Bonchev–Trinajstić information content (AvgIpc) is 3.28. The van der Waals surface area contributed by atoms with Gasteiger partial charge in [0.2, 0.25) is 5.82 Å². The molecule has 2 saturated heterocycles. The molecule has 3 heterocycles. The van der Waals surface area contributed by atoms with Crippen LogP contribution in [0, 0.1) is 17.6 Å². The highest BCUT2D eigenvalue weighted by molar-refractivity contribution is 6.17. The minimum absolute atomic E-state index is 0.0340. The molecule has 0 unspecified atom stereocenters. The third-order valence-electron chi connectivity index (χ3n) is 7.06. The lowest BCUT2D eigenvalue weighted by atomic mass is 9.91.